The van der Waals surface area contributed by atoms with Crippen molar-refractivity contribution in [3.63, 3.8) is 0 Å². The van der Waals surface area contributed by atoms with Gasteiger partial charge in [-0.3, -0.25) is 0 Å². The van der Waals surface area contributed by atoms with Crippen molar-refractivity contribution in [1.82, 2.24) is 4.72 Å². The number of rotatable bonds is 7. The number of aromatic carboxylic acids is 1. The van der Waals surface area contributed by atoms with Gasteiger partial charge in [-0.15, -0.1) is 0 Å². The van der Waals surface area contributed by atoms with Crippen molar-refractivity contribution in [2.75, 3.05) is 13.2 Å². The molecular weight excluding hydrogens is 286 g/mol. The minimum absolute atomic E-state index is 0.0523. The second kappa shape index (κ2) is 6.38. The van der Waals surface area contributed by atoms with E-state index in [1.54, 1.807) is 13.8 Å². The van der Waals surface area contributed by atoms with Crippen LogP contribution in [-0.2, 0) is 14.8 Å². The largest absolute Gasteiger partial charge is 0.478 e. The summed E-state index contributed by atoms with van der Waals surface area (Å²) in [6, 6.07) is 0. The van der Waals surface area contributed by atoms with Crippen LogP contribution in [0, 0.1) is 13.8 Å². The van der Waals surface area contributed by atoms with Gasteiger partial charge in [0.15, 0.2) is 0 Å². The van der Waals surface area contributed by atoms with Crippen molar-refractivity contribution < 1.29 is 27.5 Å². The highest BCUT2D eigenvalue weighted by molar-refractivity contribution is 7.89. The lowest BCUT2D eigenvalue weighted by Crippen LogP contribution is -2.33. The molecule has 7 nitrogen and oxygen atoms in total. The Morgan fingerprint density at radius 2 is 2.00 bits per heavy atom. The summed E-state index contributed by atoms with van der Waals surface area (Å²) in [5, 5.41) is 9.11. The standard InChI is InChI=1S/C12H19NO6S/c1-5-18-7(2)6-13-20(16,17)11-9(4)19-8(3)10(11)12(14)15/h7,13H,5-6H2,1-4H3,(H,14,15). The summed E-state index contributed by atoms with van der Waals surface area (Å²) in [4.78, 5) is 10.8. The summed E-state index contributed by atoms with van der Waals surface area (Å²) < 4.78 is 37.1. The van der Waals surface area contributed by atoms with E-state index in [2.05, 4.69) is 4.72 Å². The maximum Gasteiger partial charge on any atom is 0.340 e. The topological polar surface area (TPSA) is 106 Å². The van der Waals surface area contributed by atoms with Crippen LogP contribution in [0.4, 0.5) is 0 Å². The van der Waals surface area contributed by atoms with Crippen LogP contribution in [0.2, 0.25) is 0 Å². The molecule has 0 radical (unpaired) electrons. The van der Waals surface area contributed by atoms with E-state index >= 15 is 0 Å². The summed E-state index contributed by atoms with van der Waals surface area (Å²) in [5.41, 5.74) is -0.334. The molecule has 0 spiro atoms. The third-order valence-electron chi connectivity index (χ3n) is 2.70. The Hall–Kier alpha value is -1.38. The molecule has 0 saturated heterocycles. The second-order valence-corrected chi connectivity index (χ2v) is 6.05. The van der Waals surface area contributed by atoms with Gasteiger partial charge in [-0.2, -0.15) is 0 Å². The first kappa shape index (κ1) is 16.7. The molecule has 0 aliphatic heterocycles. The van der Waals surface area contributed by atoms with Crippen LogP contribution in [0.5, 0.6) is 0 Å². The molecule has 1 heterocycles. The van der Waals surface area contributed by atoms with Gasteiger partial charge >= 0.3 is 5.97 Å². The predicted molar refractivity (Wildman–Crippen MR) is 71.4 cm³/mol. The normalized spacial score (nSPS) is 13.4. The van der Waals surface area contributed by atoms with Gasteiger partial charge in [0.2, 0.25) is 10.0 Å². The van der Waals surface area contributed by atoms with Gasteiger partial charge < -0.3 is 14.3 Å². The number of furan rings is 1. The molecule has 0 bridgehead atoms. The first-order valence-corrected chi connectivity index (χ1v) is 7.63. The fourth-order valence-electron chi connectivity index (χ4n) is 1.88. The average Bonchev–Trinajstić information content (AvgIpc) is 2.63. The highest BCUT2D eigenvalue weighted by Crippen LogP contribution is 2.26. The number of aryl methyl sites for hydroxylation is 2. The zero-order valence-electron chi connectivity index (χ0n) is 11.9. The summed E-state index contributed by atoms with van der Waals surface area (Å²) in [7, 11) is -3.96. The molecule has 0 saturated carbocycles. The van der Waals surface area contributed by atoms with E-state index in [1.807, 2.05) is 0 Å². The molecule has 20 heavy (non-hydrogen) atoms. The first-order valence-electron chi connectivity index (χ1n) is 6.15. The predicted octanol–water partition coefficient (Wildman–Crippen LogP) is 1.30. The number of hydrogen-bond donors (Lipinski definition) is 2. The third-order valence-corrected chi connectivity index (χ3v) is 4.28. The Labute approximate surface area is 118 Å². The van der Waals surface area contributed by atoms with E-state index in [1.165, 1.54) is 13.8 Å². The van der Waals surface area contributed by atoms with Crippen molar-refractivity contribution in [3.05, 3.63) is 17.1 Å². The molecule has 2 N–H and O–H groups in total. The summed E-state index contributed by atoms with van der Waals surface area (Å²) in [5.74, 6) is -1.22. The monoisotopic (exact) mass is 305 g/mol. The Morgan fingerprint density at radius 3 is 2.50 bits per heavy atom. The molecular formula is C12H19NO6S. The Kier molecular flexibility index (Phi) is 5.32. The van der Waals surface area contributed by atoms with Crippen LogP contribution in [0.1, 0.15) is 35.7 Å². The molecule has 0 aliphatic rings. The number of nitrogens with one attached hydrogen (secondary N) is 1. The van der Waals surface area contributed by atoms with Crippen molar-refractivity contribution in [2.24, 2.45) is 0 Å². The van der Waals surface area contributed by atoms with E-state index in [9.17, 15) is 13.2 Å². The van der Waals surface area contributed by atoms with Gasteiger partial charge in [-0.25, -0.2) is 17.9 Å². The van der Waals surface area contributed by atoms with Crippen LogP contribution in [0.25, 0.3) is 0 Å². The summed E-state index contributed by atoms with van der Waals surface area (Å²) in [6.07, 6.45) is -0.309. The van der Waals surface area contributed by atoms with Crippen LogP contribution in [0.15, 0.2) is 9.31 Å². The van der Waals surface area contributed by atoms with Crippen LogP contribution in [0.3, 0.4) is 0 Å². The summed E-state index contributed by atoms with van der Waals surface area (Å²) in [6.45, 7) is 6.87. The lowest BCUT2D eigenvalue weighted by Gasteiger charge is -2.13. The quantitative estimate of drug-likeness (QED) is 0.786. The number of carboxylic acids is 1. The molecule has 0 aromatic carbocycles. The van der Waals surface area contributed by atoms with Crippen molar-refractivity contribution in [2.45, 2.75) is 38.7 Å². The second-order valence-electron chi connectivity index (χ2n) is 4.34. The number of sulfonamides is 1. The number of ether oxygens (including phenoxy) is 1. The van der Waals surface area contributed by atoms with E-state index in [0.29, 0.717) is 6.61 Å². The maximum absolute atomic E-state index is 12.2. The summed E-state index contributed by atoms with van der Waals surface area (Å²) >= 11 is 0. The lowest BCUT2D eigenvalue weighted by molar-refractivity contribution is 0.0691. The minimum atomic E-state index is -3.96. The molecule has 0 fully saturated rings. The fourth-order valence-corrected chi connectivity index (χ4v) is 3.40. The SMILES string of the molecule is CCOC(C)CNS(=O)(=O)c1c(C)oc(C)c1C(=O)O. The lowest BCUT2D eigenvalue weighted by atomic mass is 10.2. The Balaban J connectivity index is 3.07. The van der Waals surface area contributed by atoms with Gasteiger partial charge in [0.1, 0.15) is 22.0 Å². The van der Waals surface area contributed by atoms with Crippen LogP contribution < -0.4 is 4.72 Å². The maximum atomic E-state index is 12.2. The van der Waals surface area contributed by atoms with Crippen LogP contribution >= 0.6 is 0 Å². The molecule has 114 valence electrons. The number of hydrogen-bond acceptors (Lipinski definition) is 5. The zero-order chi connectivity index (χ0) is 15.5. The van der Waals surface area contributed by atoms with Gasteiger partial charge in [-0.05, 0) is 27.7 Å². The van der Waals surface area contributed by atoms with E-state index < -0.39 is 16.0 Å². The zero-order valence-corrected chi connectivity index (χ0v) is 12.7. The molecule has 0 amide bonds. The molecule has 1 rings (SSSR count). The molecule has 0 aliphatic carbocycles. The van der Waals surface area contributed by atoms with Gasteiger partial charge in [0.25, 0.3) is 0 Å². The van der Waals surface area contributed by atoms with Gasteiger partial charge in [0.05, 0.1) is 6.10 Å². The van der Waals surface area contributed by atoms with Crippen molar-refractivity contribution >= 4 is 16.0 Å². The van der Waals surface area contributed by atoms with Gasteiger partial charge in [0, 0.05) is 13.2 Å². The first-order chi connectivity index (χ1) is 9.20. The molecule has 8 heteroatoms. The van der Waals surface area contributed by atoms with Crippen molar-refractivity contribution in [1.29, 1.82) is 0 Å². The molecule has 1 unspecified atom stereocenters. The van der Waals surface area contributed by atoms with E-state index in [4.69, 9.17) is 14.3 Å². The Morgan fingerprint density at radius 1 is 1.40 bits per heavy atom. The Bertz CT molecular complexity index is 589. The fraction of sp³-hybridized carbons (Fsp3) is 0.583. The van der Waals surface area contributed by atoms with E-state index in [-0.39, 0.29) is 34.6 Å². The molecule has 1 aromatic heterocycles. The smallest absolute Gasteiger partial charge is 0.340 e. The molecule has 1 atom stereocenters. The van der Waals surface area contributed by atoms with Crippen molar-refractivity contribution in [3.8, 4) is 0 Å². The third kappa shape index (κ3) is 3.59. The van der Waals surface area contributed by atoms with Crippen LogP contribution in [-0.4, -0.2) is 38.7 Å². The van der Waals surface area contributed by atoms with Gasteiger partial charge in [-0.1, -0.05) is 0 Å². The highest BCUT2D eigenvalue weighted by atomic mass is 32.2. The molecule has 1 aromatic rings. The average molecular weight is 305 g/mol. The minimum Gasteiger partial charge on any atom is -0.478 e. The number of carbonyl (C=O) groups is 1. The van der Waals surface area contributed by atoms with E-state index in [0.717, 1.165) is 0 Å². The highest BCUT2D eigenvalue weighted by Gasteiger charge is 2.30. The number of carboxylic acid groups (broad SMARTS) is 1.